The van der Waals surface area contributed by atoms with Gasteiger partial charge in [0.25, 0.3) is 11.8 Å². The van der Waals surface area contributed by atoms with Crippen molar-refractivity contribution < 1.29 is 19.5 Å². The van der Waals surface area contributed by atoms with E-state index in [1.165, 1.54) is 12.1 Å². The van der Waals surface area contributed by atoms with Crippen LogP contribution in [-0.4, -0.2) is 27.9 Å². The summed E-state index contributed by atoms with van der Waals surface area (Å²) >= 11 is 0. The molecule has 1 aliphatic rings. The zero-order chi connectivity index (χ0) is 12.9. The second-order valence-corrected chi connectivity index (χ2v) is 3.94. The molecule has 0 spiro atoms. The summed E-state index contributed by atoms with van der Waals surface area (Å²) in [5, 5.41) is 10.2. The van der Waals surface area contributed by atoms with E-state index in [4.69, 9.17) is 5.11 Å². The van der Waals surface area contributed by atoms with Crippen LogP contribution in [0.5, 0.6) is 0 Å². The molecule has 0 bridgehead atoms. The van der Waals surface area contributed by atoms with Crippen molar-refractivity contribution in [2.24, 2.45) is 0 Å². The fourth-order valence-electron chi connectivity index (χ4n) is 2.20. The molecule has 5 nitrogen and oxygen atoms in total. The molecule has 2 aromatic rings. The van der Waals surface area contributed by atoms with Gasteiger partial charge in [-0.3, -0.25) is 9.59 Å². The third kappa shape index (κ3) is 1.18. The topological polar surface area (TPSA) is 74.7 Å². The smallest absolute Gasteiger partial charge is 0.421 e. The summed E-state index contributed by atoms with van der Waals surface area (Å²) in [6, 6.07) is 9.93. The van der Waals surface area contributed by atoms with Gasteiger partial charge in [-0.05, 0) is 17.5 Å². The normalized spacial score (nSPS) is 14.1. The lowest BCUT2D eigenvalue weighted by atomic mass is 9.94. The largest absolute Gasteiger partial charge is 0.464 e. The predicted octanol–water partition coefficient (Wildman–Crippen LogP) is 2.11. The van der Waals surface area contributed by atoms with E-state index in [2.05, 4.69) is 0 Å². The molecule has 2 aromatic carbocycles. The van der Waals surface area contributed by atoms with E-state index in [0.717, 1.165) is 5.39 Å². The molecule has 1 aliphatic heterocycles. The highest BCUT2D eigenvalue weighted by molar-refractivity contribution is 6.30. The molecule has 0 aromatic heterocycles. The first kappa shape index (κ1) is 10.5. The van der Waals surface area contributed by atoms with Crippen LogP contribution < -0.4 is 0 Å². The Hall–Kier alpha value is -2.69. The van der Waals surface area contributed by atoms with E-state index >= 15 is 0 Å². The first-order chi connectivity index (χ1) is 8.61. The molecule has 88 valence electrons. The monoisotopic (exact) mass is 241 g/mol. The molecule has 0 saturated carbocycles. The van der Waals surface area contributed by atoms with E-state index in [1.807, 2.05) is 0 Å². The average molecular weight is 241 g/mol. The number of carboxylic acid groups (broad SMARTS) is 1. The van der Waals surface area contributed by atoms with Gasteiger partial charge in [0.05, 0.1) is 0 Å². The Kier molecular flexibility index (Phi) is 1.98. The van der Waals surface area contributed by atoms with Crippen LogP contribution in [0.3, 0.4) is 0 Å². The molecular weight excluding hydrogens is 234 g/mol. The van der Waals surface area contributed by atoms with Crippen LogP contribution in [0.25, 0.3) is 10.8 Å². The van der Waals surface area contributed by atoms with Crippen LogP contribution in [0.4, 0.5) is 4.79 Å². The van der Waals surface area contributed by atoms with Crippen molar-refractivity contribution >= 4 is 28.7 Å². The van der Waals surface area contributed by atoms with Gasteiger partial charge in [0.1, 0.15) is 0 Å². The van der Waals surface area contributed by atoms with E-state index < -0.39 is 17.9 Å². The lowest BCUT2D eigenvalue weighted by Gasteiger charge is -2.23. The molecule has 0 aliphatic carbocycles. The summed E-state index contributed by atoms with van der Waals surface area (Å²) < 4.78 is 0. The molecular formula is C13H7NO4. The Labute approximate surface area is 101 Å². The minimum Gasteiger partial charge on any atom is -0.464 e. The van der Waals surface area contributed by atoms with Crippen LogP contribution in [0.15, 0.2) is 36.4 Å². The van der Waals surface area contributed by atoms with Gasteiger partial charge >= 0.3 is 6.09 Å². The number of imide groups is 3. The van der Waals surface area contributed by atoms with Crippen molar-refractivity contribution in [3.05, 3.63) is 47.5 Å². The minimum atomic E-state index is -1.56. The van der Waals surface area contributed by atoms with Gasteiger partial charge in [-0.25, -0.2) is 4.79 Å². The first-order valence-electron chi connectivity index (χ1n) is 5.24. The Balaban J connectivity index is 2.42. The van der Waals surface area contributed by atoms with E-state index in [0.29, 0.717) is 5.39 Å². The standard InChI is InChI=1S/C13H7NO4/c15-11-8-5-1-3-7-4-2-6-9(10(7)8)12(16)14(11)13(17)18/h1-6H,(H,17,18). The molecule has 3 rings (SSSR count). The van der Waals surface area contributed by atoms with Crippen molar-refractivity contribution in [3.8, 4) is 0 Å². The van der Waals surface area contributed by atoms with Crippen LogP contribution in [0.2, 0.25) is 0 Å². The Morgan fingerprint density at radius 2 is 1.44 bits per heavy atom. The summed E-state index contributed by atoms with van der Waals surface area (Å²) in [5.41, 5.74) is 0.482. The molecule has 0 atom stereocenters. The zero-order valence-corrected chi connectivity index (χ0v) is 9.08. The first-order valence-corrected chi connectivity index (χ1v) is 5.24. The molecule has 1 N–H and O–H groups in total. The summed E-state index contributed by atoms with van der Waals surface area (Å²) in [4.78, 5) is 35.2. The Morgan fingerprint density at radius 3 is 1.89 bits per heavy atom. The van der Waals surface area contributed by atoms with Crippen molar-refractivity contribution in [2.75, 3.05) is 0 Å². The van der Waals surface area contributed by atoms with Crippen LogP contribution in [0, 0.1) is 0 Å². The van der Waals surface area contributed by atoms with Crippen molar-refractivity contribution in [2.45, 2.75) is 0 Å². The number of rotatable bonds is 0. The number of carbonyl (C=O) groups excluding carboxylic acids is 2. The number of amides is 3. The van der Waals surface area contributed by atoms with Gasteiger partial charge in [0.15, 0.2) is 0 Å². The number of hydrogen-bond acceptors (Lipinski definition) is 3. The number of nitrogens with zero attached hydrogens (tertiary/aromatic N) is 1. The molecule has 3 amide bonds. The highest BCUT2D eigenvalue weighted by atomic mass is 16.4. The predicted molar refractivity (Wildman–Crippen MR) is 62.5 cm³/mol. The summed E-state index contributed by atoms with van der Waals surface area (Å²) in [6.45, 7) is 0. The van der Waals surface area contributed by atoms with E-state index in [1.54, 1.807) is 24.3 Å². The quantitative estimate of drug-likeness (QED) is 0.717. The number of hydrogen-bond donors (Lipinski definition) is 1. The van der Waals surface area contributed by atoms with Gasteiger partial charge in [-0.15, -0.1) is 0 Å². The van der Waals surface area contributed by atoms with Gasteiger partial charge in [0, 0.05) is 16.5 Å². The molecule has 0 unspecified atom stereocenters. The molecule has 0 saturated heterocycles. The number of benzene rings is 2. The van der Waals surface area contributed by atoms with E-state index in [9.17, 15) is 14.4 Å². The second kappa shape index (κ2) is 3.40. The summed E-state index contributed by atoms with van der Waals surface area (Å²) in [6.07, 6.45) is -1.56. The number of carbonyl (C=O) groups is 3. The van der Waals surface area contributed by atoms with Crippen molar-refractivity contribution in [3.63, 3.8) is 0 Å². The van der Waals surface area contributed by atoms with Crippen LogP contribution >= 0.6 is 0 Å². The molecule has 1 heterocycles. The highest BCUT2D eigenvalue weighted by Crippen LogP contribution is 2.29. The van der Waals surface area contributed by atoms with Crippen LogP contribution in [-0.2, 0) is 0 Å². The molecule has 0 radical (unpaired) electrons. The lowest BCUT2D eigenvalue weighted by molar-refractivity contribution is 0.0610. The fourth-order valence-corrected chi connectivity index (χ4v) is 2.20. The average Bonchev–Trinajstić information content (AvgIpc) is 2.35. The minimum absolute atomic E-state index is 0.241. The maximum Gasteiger partial charge on any atom is 0.421 e. The van der Waals surface area contributed by atoms with Gasteiger partial charge in [-0.1, -0.05) is 24.3 Å². The van der Waals surface area contributed by atoms with Gasteiger partial charge in [-0.2, -0.15) is 4.90 Å². The molecule has 5 heteroatoms. The SMILES string of the molecule is O=C(O)N1C(=O)c2cccc3cccc(c23)C1=O. The second-order valence-electron chi connectivity index (χ2n) is 3.94. The van der Waals surface area contributed by atoms with Gasteiger partial charge < -0.3 is 5.11 Å². The van der Waals surface area contributed by atoms with Crippen molar-refractivity contribution in [1.82, 2.24) is 4.90 Å². The lowest BCUT2D eigenvalue weighted by Crippen LogP contribution is -2.43. The molecule has 0 fully saturated rings. The molecule has 18 heavy (non-hydrogen) atoms. The Bertz CT molecular complexity index is 669. The summed E-state index contributed by atoms with van der Waals surface area (Å²) in [5.74, 6) is -1.59. The van der Waals surface area contributed by atoms with E-state index in [-0.39, 0.29) is 16.0 Å². The fraction of sp³-hybridized carbons (Fsp3) is 0. The zero-order valence-electron chi connectivity index (χ0n) is 9.08. The van der Waals surface area contributed by atoms with Crippen LogP contribution in [0.1, 0.15) is 20.7 Å². The maximum absolute atomic E-state index is 12.0. The third-order valence-electron chi connectivity index (χ3n) is 2.96. The highest BCUT2D eigenvalue weighted by Gasteiger charge is 2.36. The summed E-state index contributed by atoms with van der Waals surface area (Å²) in [7, 11) is 0. The third-order valence-corrected chi connectivity index (χ3v) is 2.96. The van der Waals surface area contributed by atoms with Gasteiger partial charge in [0.2, 0.25) is 0 Å². The maximum atomic E-state index is 12.0. The Morgan fingerprint density at radius 1 is 0.944 bits per heavy atom. The van der Waals surface area contributed by atoms with Crippen molar-refractivity contribution in [1.29, 1.82) is 0 Å².